The highest BCUT2D eigenvalue weighted by atomic mass is 79.9. The van der Waals surface area contributed by atoms with Gasteiger partial charge < -0.3 is 5.32 Å². The molecular formula is C11H10BrN3O. The summed E-state index contributed by atoms with van der Waals surface area (Å²) >= 11 is 3.32. The monoisotopic (exact) mass is 279 g/mol. The number of nitrogens with zero attached hydrogens (tertiary/aromatic N) is 1. The molecule has 16 heavy (non-hydrogen) atoms. The number of carbonyl (C=O) groups excluding carboxylic acids is 1. The third kappa shape index (κ3) is 2.30. The number of hydrogen-bond acceptors (Lipinski definition) is 2. The summed E-state index contributed by atoms with van der Waals surface area (Å²) in [4.78, 5) is 11.8. The molecule has 0 aliphatic carbocycles. The van der Waals surface area contributed by atoms with E-state index in [1.165, 1.54) is 0 Å². The van der Waals surface area contributed by atoms with Gasteiger partial charge in [0.1, 0.15) is 5.82 Å². The van der Waals surface area contributed by atoms with Crippen molar-refractivity contribution in [3.8, 4) is 0 Å². The van der Waals surface area contributed by atoms with Crippen LogP contribution in [0.25, 0.3) is 0 Å². The molecular weight excluding hydrogens is 270 g/mol. The zero-order valence-electron chi connectivity index (χ0n) is 8.62. The van der Waals surface area contributed by atoms with Gasteiger partial charge in [-0.2, -0.15) is 5.10 Å². The molecule has 0 saturated heterocycles. The Morgan fingerprint density at radius 3 is 2.62 bits per heavy atom. The average Bonchev–Trinajstić information content (AvgIpc) is 2.65. The van der Waals surface area contributed by atoms with Crippen LogP contribution < -0.4 is 5.32 Å². The first-order valence-electron chi connectivity index (χ1n) is 4.73. The normalized spacial score (nSPS) is 10.1. The van der Waals surface area contributed by atoms with Crippen LogP contribution >= 0.6 is 15.9 Å². The zero-order chi connectivity index (χ0) is 11.5. The largest absolute Gasteiger partial charge is 0.307 e. The summed E-state index contributed by atoms with van der Waals surface area (Å²) in [6, 6.07) is 7.17. The molecule has 1 amide bonds. The highest BCUT2D eigenvalue weighted by Gasteiger charge is 2.08. The molecule has 0 aliphatic rings. The molecule has 2 N–H and O–H groups in total. The number of amides is 1. The fourth-order valence-electron chi connectivity index (χ4n) is 1.26. The number of benzene rings is 1. The van der Waals surface area contributed by atoms with Crippen LogP contribution in [0.1, 0.15) is 15.9 Å². The molecule has 2 rings (SSSR count). The van der Waals surface area contributed by atoms with Crippen LogP contribution in [0.3, 0.4) is 0 Å². The lowest BCUT2D eigenvalue weighted by Gasteiger charge is -2.03. The summed E-state index contributed by atoms with van der Waals surface area (Å²) in [6.07, 6.45) is 1.66. The Morgan fingerprint density at radius 1 is 1.38 bits per heavy atom. The van der Waals surface area contributed by atoms with Gasteiger partial charge in [-0.15, -0.1) is 0 Å². The lowest BCUT2D eigenvalue weighted by atomic mass is 10.2. The van der Waals surface area contributed by atoms with E-state index in [2.05, 4.69) is 31.4 Å². The van der Waals surface area contributed by atoms with E-state index in [0.29, 0.717) is 11.4 Å². The highest BCUT2D eigenvalue weighted by molar-refractivity contribution is 9.10. The van der Waals surface area contributed by atoms with Gasteiger partial charge in [0.05, 0.1) is 6.20 Å². The summed E-state index contributed by atoms with van der Waals surface area (Å²) in [5.74, 6) is 0.479. The topological polar surface area (TPSA) is 57.8 Å². The van der Waals surface area contributed by atoms with Crippen molar-refractivity contribution in [2.45, 2.75) is 6.92 Å². The molecule has 0 atom stereocenters. The van der Waals surface area contributed by atoms with Crippen molar-refractivity contribution < 1.29 is 4.79 Å². The number of nitrogens with one attached hydrogen (secondary N) is 2. The molecule has 1 heterocycles. The minimum Gasteiger partial charge on any atom is -0.307 e. The Bertz CT molecular complexity index is 504. The highest BCUT2D eigenvalue weighted by Crippen LogP contribution is 2.13. The standard InChI is InChI=1S/C11H10BrN3O/c1-7-6-13-15-10(7)14-11(16)8-2-4-9(12)5-3-8/h2-6H,1H3,(H2,13,14,15,16). The number of halogens is 1. The maximum absolute atomic E-state index is 11.8. The van der Waals surface area contributed by atoms with E-state index < -0.39 is 0 Å². The third-order valence-electron chi connectivity index (χ3n) is 2.17. The van der Waals surface area contributed by atoms with Crippen LogP contribution in [-0.2, 0) is 0 Å². The molecule has 0 bridgehead atoms. The number of H-pyrrole nitrogens is 1. The van der Waals surface area contributed by atoms with Gasteiger partial charge in [-0.1, -0.05) is 15.9 Å². The predicted molar refractivity (Wildman–Crippen MR) is 65.4 cm³/mol. The first-order chi connectivity index (χ1) is 7.66. The van der Waals surface area contributed by atoms with Crippen molar-refractivity contribution in [2.24, 2.45) is 0 Å². The number of anilines is 1. The Hall–Kier alpha value is -1.62. The van der Waals surface area contributed by atoms with E-state index in [-0.39, 0.29) is 5.91 Å². The quantitative estimate of drug-likeness (QED) is 0.888. The molecule has 0 aliphatic heterocycles. The summed E-state index contributed by atoms with van der Waals surface area (Å²) in [6.45, 7) is 1.88. The Balaban J connectivity index is 2.15. The van der Waals surface area contributed by atoms with E-state index in [1.807, 2.05) is 19.1 Å². The number of aryl methyl sites for hydroxylation is 1. The maximum atomic E-state index is 11.8. The fourth-order valence-corrected chi connectivity index (χ4v) is 1.52. The summed E-state index contributed by atoms with van der Waals surface area (Å²) < 4.78 is 0.946. The van der Waals surface area contributed by atoms with E-state index >= 15 is 0 Å². The first-order valence-corrected chi connectivity index (χ1v) is 5.53. The summed E-state index contributed by atoms with van der Waals surface area (Å²) in [5, 5.41) is 9.32. The molecule has 4 nitrogen and oxygen atoms in total. The van der Waals surface area contributed by atoms with Gasteiger partial charge in [0.2, 0.25) is 0 Å². The SMILES string of the molecule is Cc1cn[nH]c1NC(=O)c1ccc(Br)cc1. The first kappa shape index (κ1) is 10.9. The van der Waals surface area contributed by atoms with Crippen LogP contribution in [0.5, 0.6) is 0 Å². The minimum atomic E-state index is -0.153. The van der Waals surface area contributed by atoms with E-state index in [4.69, 9.17) is 0 Å². The second-order valence-corrected chi connectivity index (χ2v) is 4.30. The van der Waals surface area contributed by atoms with Crippen LogP contribution in [0.4, 0.5) is 5.82 Å². The fraction of sp³-hybridized carbons (Fsp3) is 0.0909. The van der Waals surface area contributed by atoms with Crippen LogP contribution in [0, 0.1) is 6.92 Å². The number of hydrogen-bond donors (Lipinski definition) is 2. The molecule has 0 radical (unpaired) electrons. The molecule has 0 fully saturated rings. The van der Waals surface area contributed by atoms with E-state index in [0.717, 1.165) is 10.0 Å². The van der Waals surface area contributed by atoms with Crippen molar-refractivity contribution in [2.75, 3.05) is 5.32 Å². The Labute approximate surface area is 101 Å². The summed E-state index contributed by atoms with van der Waals surface area (Å²) in [5.41, 5.74) is 1.52. The molecule has 0 spiro atoms. The minimum absolute atomic E-state index is 0.153. The van der Waals surface area contributed by atoms with E-state index in [1.54, 1.807) is 18.3 Å². The molecule has 82 valence electrons. The maximum Gasteiger partial charge on any atom is 0.256 e. The Kier molecular flexibility index (Phi) is 3.05. The second-order valence-electron chi connectivity index (χ2n) is 3.39. The van der Waals surface area contributed by atoms with E-state index in [9.17, 15) is 4.79 Å². The Morgan fingerprint density at radius 2 is 2.06 bits per heavy atom. The van der Waals surface area contributed by atoms with Gasteiger partial charge in [-0.25, -0.2) is 0 Å². The summed E-state index contributed by atoms with van der Waals surface area (Å²) in [7, 11) is 0. The lowest BCUT2D eigenvalue weighted by Crippen LogP contribution is -2.12. The number of carbonyl (C=O) groups is 1. The molecule has 1 aromatic carbocycles. The van der Waals surface area contributed by atoms with Crippen molar-refractivity contribution in [1.29, 1.82) is 0 Å². The molecule has 5 heteroatoms. The second kappa shape index (κ2) is 4.49. The van der Waals surface area contributed by atoms with Gasteiger partial charge >= 0.3 is 0 Å². The predicted octanol–water partition coefficient (Wildman–Crippen LogP) is 2.73. The number of aromatic nitrogens is 2. The smallest absolute Gasteiger partial charge is 0.256 e. The van der Waals surface area contributed by atoms with Crippen molar-refractivity contribution in [3.05, 3.63) is 46.1 Å². The average molecular weight is 280 g/mol. The van der Waals surface area contributed by atoms with Crippen molar-refractivity contribution in [3.63, 3.8) is 0 Å². The van der Waals surface area contributed by atoms with Crippen LogP contribution in [0.2, 0.25) is 0 Å². The van der Waals surface area contributed by atoms with Crippen LogP contribution in [-0.4, -0.2) is 16.1 Å². The van der Waals surface area contributed by atoms with Gasteiger partial charge in [-0.05, 0) is 31.2 Å². The molecule has 0 saturated carbocycles. The van der Waals surface area contributed by atoms with Crippen LogP contribution in [0.15, 0.2) is 34.9 Å². The lowest BCUT2D eigenvalue weighted by molar-refractivity contribution is 0.102. The zero-order valence-corrected chi connectivity index (χ0v) is 10.2. The number of aromatic amines is 1. The van der Waals surface area contributed by atoms with Gasteiger partial charge in [0.25, 0.3) is 5.91 Å². The molecule has 0 unspecified atom stereocenters. The van der Waals surface area contributed by atoms with Crippen molar-refractivity contribution >= 4 is 27.7 Å². The third-order valence-corrected chi connectivity index (χ3v) is 2.70. The van der Waals surface area contributed by atoms with Gasteiger partial charge in [0.15, 0.2) is 0 Å². The number of rotatable bonds is 2. The van der Waals surface area contributed by atoms with Gasteiger partial charge in [0, 0.05) is 15.6 Å². The molecule has 2 aromatic rings. The van der Waals surface area contributed by atoms with Crippen molar-refractivity contribution in [1.82, 2.24) is 10.2 Å². The van der Waals surface area contributed by atoms with Gasteiger partial charge in [-0.3, -0.25) is 9.89 Å². The molecule has 1 aromatic heterocycles.